The number of hydrazone groups is 1. The third-order valence-corrected chi connectivity index (χ3v) is 4.46. The molecule has 1 rings (SSSR count). The first-order chi connectivity index (χ1) is 11.0. The van der Waals surface area contributed by atoms with Crippen LogP contribution in [0.25, 0.3) is 0 Å². The number of carbonyl (C=O) groups excluding carboxylic acids is 1. The van der Waals surface area contributed by atoms with Gasteiger partial charge in [0.25, 0.3) is 5.91 Å². The average Bonchev–Trinajstić information content (AvgIpc) is 2.55. The van der Waals surface area contributed by atoms with Crippen LogP contribution in [0.4, 0.5) is 0 Å². The molecule has 0 atom stereocenters. The van der Waals surface area contributed by atoms with Crippen LogP contribution in [0.15, 0.2) is 29.4 Å². The standard InChI is InChI=1S/C15H23N2O5P/c1-3-10-21-23(20,22-11-4-2)12-9-16-17-15(19)13-7-5-6-8-14(13)18/h5-9,18H,3-4,10-12H2,1-2H3,(H,17,19)/b16-9-. The van der Waals surface area contributed by atoms with Crippen molar-refractivity contribution in [1.29, 1.82) is 0 Å². The molecular formula is C15H23N2O5P. The predicted octanol–water partition coefficient (Wildman–Crippen LogP) is 3.15. The second-order valence-corrected chi connectivity index (χ2v) is 6.83. The molecule has 128 valence electrons. The lowest BCUT2D eigenvalue weighted by atomic mass is 10.2. The minimum absolute atomic E-state index is 0.0337. The Labute approximate surface area is 136 Å². The van der Waals surface area contributed by atoms with Crippen molar-refractivity contribution in [2.24, 2.45) is 5.10 Å². The van der Waals surface area contributed by atoms with Gasteiger partial charge in [-0.25, -0.2) is 5.43 Å². The monoisotopic (exact) mass is 342 g/mol. The molecule has 0 saturated heterocycles. The van der Waals surface area contributed by atoms with Crippen molar-refractivity contribution < 1.29 is 23.5 Å². The van der Waals surface area contributed by atoms with Crippen molar-refractivity contribution in [3.63, 3.8) is 0 Å². The van der Waals surface area contributed by atoms with Crippen LogP contribution in [0.1, 0.15) is 37.0 Å². The van der Waals surface area contributed by atoms with E-state index in [1.165, 1.54) is 18.3 Å². The van der Waals surface area contributed by atoms with E-state index in [9.17, 15) is 14.5 Å². The van der Waals surface area contributed by atoms with Gasteiger partial charge in [-0.05, 0) is 25.0 Å². The van der Waals surface area contributed by atoms with E-state index in [1.807, 2.05) is 13.8 Å². The minimum atomic E-state index is -3.24. The fraction of sp³-hybridized carbons (Fsp3) is 0.467. The summed E-state index contributed by atoms with van der Waals surface area (Å²) in [5.41, 5.74) is 2.37. The minimum Gasteiger partial charge on any atom is -0.507 e. The molecule has 1 aromatic carbocycles. The number of hydrogen-bond donors (Lipinski definition) is 2. The lowest BCUT2D eigenvalue weighted by Gasteiger charge is -2.16. The van der Waals surface area contributed by atoms with E-state index in [1.54, 1.807) is 12.1 Å². The first-order valence-electron chi connectivity index (χ1n) is 7.50. The van der Waals surface area contributed by atoms with E-state index in [2.05, 4.69) is 10.5 Å². The summed E-state index contributed by atoms with van der Waals surface area (Å²) in [7, 11) is -3.24. The molecule has 1 aromatic rings. The van der Waals surface area contributed by atoms with Crippen molar-refractivity contribution in [2.75, 3.05) is 19.4 Å². The Hall–Kier alpha value is -1.69. The van der Waals surface area contributed by atoms with Crippen LogP contribution in [-0.4, -0.2) is 36.6 Å². The highest BCUT2D eigenvalue weighted by molar-refractivity contribution is 7.54. The molecule has 1 amide bonds. The smallest absolute Gasteiger partial charge is 0.336 e. The molecule has 8 heteroatoms. The molecule has 0 saturated carbocycles. The first kappa shape index (κ1) is 19.4. The summed E-state index contributed by atoms with van der Waals surface area (Å²) in [4.78, 5) is 11.8. The molecule has 0 radical (unpaired) electrons. The fourth-order valence-corrected chi connectivity index (χ4v) is 3.06. The van der Waals surface area contributed by atoms with Gasteiger partial charge in [-0.15, -0.1) is 0 Å². The summed E-state index contributed by atoms with van der Waals surface area (Å²) >= 11 is 0. The van der Waals surface area contributed by atoms with Crippen molar-refractivity contribution in [1.82, 2.24) is 5.43 Å². The Kier molecular flexibility index (Phi) is 8.55. The number of amides is 1. The Balaban J connectivity index is 2.56. The topological polar surface area (TPSA) is 97.2 Å². The van der Waals surface area contributed by atoms with E-state index in [0.29, 0.717) is 13.2 Å². The number of rotatable bonds is 10. The molecule has 0 heterocycles. The molecule has 7 nitrogen and oxygen atoms in total. The lowest BCUT2D eigenvalue weighted by molar-refractivity contribution is 0.0952. The van der Waals surface area contributed by atoms with E-state index < -0.39 is 13.5 Å². The number of hydrogen-bond acceptors (Lipinski definition) is 6. The van der Waals surface area contributed by atoms with Crippen LogP contribution in [0, 0.1) is 0 Å². The SMILES string of the molecule is CCCOP(=O)(C/C=N\NC(=O)c1ccccc1O)OCCC. The summed E-state index contributed by atoms with van der Waals surface area (Å²) in [5, 5.41) is 13.3. The Morgan fingerprint density at radius 1 is 1.26 bits per heavy atom. The van der Waals surface area contributed by atoms with E-state index >= 15 is 0 Å². The summed E-state index contributed by atoms with van der Waals surface area (Å²) in [6.45, 7) is 4.48. The average molecular weight is 342 g/mol. The van der Waals surface area contributed by atoms with Gasteiger partial charge in [0.15, 0.2) is 0 Å². The Morgan fingerprint density at radius 3 is 2.43 bits per heavy atom. The number of benzene rings is 1. The molecule has 23 heavy (non-hydrogen) atoms. The molecule has 0 spiro atoms. The fourth-order valence-electron chi connectivity index (χ4n) is 1.57. The van der Waals surface area contributed by atoms with Gasteiger partial charge in [-0.3, -0.25) is 9.36 Å². The normalized spacial score (nSPS) is 11.7. The number of phenolic OH excluding ortho intramolecular Hbond substituents is 1. The van der Waals surface area contributed by atoms with Gasteiger partial charge in [0.2, 0.25) is 0 Å². The maximum atomic E-state index is 12.4. The predicted molar refractivity (Wildman–Crippen MR) is 89.0 cm³/mol. The molecule has 0 aliphatic heterocycles. The lowest BCUT2D eigenvalue weighted by Crippen LogP contribution is -2.18. The van der Waals surface area contributed by atoms with Gasteiger partial charge < -0.3 is 14.2 Å². The molecule has 2 N–H and O–H groups in total. The zero-order valence-electron chi connectivity index (χ0n) is 13.4. The second kappa shape index (κ2) is 10.2. The molecule has 0 aromatic heterocycles. The molecule has 0 aliphatic rings. The summed E-state index contributed by atoms with van der Waals surface area (Å²) < 4.78 is 23.0. The van der Waals surface area contributed by atoms with Gasteiger partial charge >= 0.3 is 7.60 Å². The largest absolute Gasteiger partial charge is 0.507 e. The van der Waals surface area contributed by atoms with Crippen LogP contribution in [0.3, 0.4) is 0 Å². The summed E-state index contributed by atoms with van der Waals surface area (Å²) in [5.74, 6) is -0.693. The first-order valence-corrected chi connectivity index (χ1v) is 9.23. The van der Waals surface area contributed by atoms with Gasteiger partial charge in [-0.1, -0.05) is 26.0 Å². The van der Waals surface area contributed by atoms with Crippen molar-refractivity contribution in [2.45, 2.75) is 26.7 Å². The third kappa shape index (κ3) is 6.95. The number of para-hydroxylation sites is 1. The highest BCUT2D eigenvalue weighted by atomic mass is 31.2. The van der Waals surface area contributed by atoms with Gasteiger partial charge in [0.1, 0.15) is 5.75 Å². The van der Waals surface area contributed by atoms with Crippen LogP contribution in [-0.2, 0) is 13.6 Å². The van der Waals surface area contributed by atoms with E-state index in [4.69, 9.17) is 9.05 Å². The molecule has 0 bridgehead atoms. The maximum Gasteiger partial charge on any atom is 0.336 e. The van der Waals surface area contributed by atoms with E-state index in [-0.39, 0.29) is 17.5 Å². The van der Waals surface area contributed by atoms with Gasteiger partial charge in [-0.2, -0.15) is 5.10 Å². The summed E-state index contributed by atoms with van der Waals surface area (Å²) in [6, 6.07) is 6.12. The zero-order chi connectivity index (χ0) is 17.1. The second-order valence-electron chi connectivity index (χ2n) is 4.73. The summed E-state index contributed by atoms with van der Waals surface area (Å²) in [6.07, 6.45) is 2.69. The highest BCUT2D eigenvalue weighted by Gasteiger charge is 2.22. The van der Waals surface area contributed by atoms with Crippen molar-refractivity contribution in [3.05, 3.63) is 29.8 Å². The Bertz CT molecular complexity index is 565. The number of phenols is 1. The quantitative estimate of drug-likeness (QED) is 0.387. The van der Waals surface area contributed by atoms with Crippen molar-refractivity contribution >= 4 is 19.7 Å². The molecule has 0 unspecified atom stereocenters. The van der Waals surface area contributed by atoms with Crippen LogP contribution >= 0.6 is 7.60 Å². The molecule has 0 aliphatic carbocycles. The number of nitrogens with zero attached hydrogens (tertiary/aromatic N) is 1. The van der Waals surface area contributed by atoms with Crippen molar-refractivity contribution in [3.8, 4) is 5.75 Å². The third-order valence-electron chi connectivity index (χ3n) is 2.70. The van der Waals surface area contributed by atoms with E-state index in [0.717, 1.165) is 12.8 Å². The molecule has 0 fully saturated rings. The van der Waals surface area contributed by atoms with Crippen LogP contribution in [0.2, 0.25) is 0 Å². The highest BCUT2D eigenvalue weighted by Crippen LogP contribution is 2.47. The zero-order valence-corrected chi connectivity index (χ0v) is 14.3. The van der Waals surface area contributed by atoms with Crippen LogP contribution < -0.4 is 5.43 Å². The number of nitrogens with one attached hydrogen (secondary N) is 1. The molecular weight excluding hydrogens is 319 g/mol. The number of aromatic hydroxyl groups is 1. The van der Waals surface area contributed by atoms with Gasteiger partial charge in [0, 0.05) is 6.21 Å². The van der Waals surface area contributed by atoms with Gasteiger partial charge in [0.05, 0.1) is 24.9 Å². The Morgan fingerprint density at radius 2 is 1.87 bits per heavy atom. The van der Waals surface area contributed by atoms with Crippen LogP contribution in [0.5, 0.6) is 5.75 Å². The maximum absolute atomic E-state index is 12.4. The number of carbonyl (C=O) groups is 1.